The molecule has 3 aromatic rings. The minimum atomic E-state index is 0.529. The van der Waals surface area contributed by atoms with Gasteiger partial charge in [0.15, 0.2) is 11.9 Å². The summed E-state index contributed by atoms with van der Waals surface area (Å²) in [7, 11) is 0. The third-order valence-electron chi connectivity index (χ3n) is 2.84. The molecule has 0 aliphatic heterocycles. The molecule has 18 heavy (non-hydrogen) atoms. The second-order valence-electron chi connectivity index (χ2n) is 4.14. The fraction of sp³-hybridized carbons (Fsp3) is 0.0714. The summed E-state index contributed by atoms with van der Waals surface area (Å²) in [6.07, 6.45) is 4.26. The zero-order valence-electron chi connectivity index (χ0n) is 9.87. The standard InChI is InChI=1S/C14H11N3O/c1-10-4-2-5-11(8-10)13-12(9-18)14-15-6-3-7-17(14)16-13/h2-9H,1H3. The first-order chi connectivity index (χ1) is 8.79. The fourth-order valence-electron chi connectivity index (χ4n) is 2.02. The normalized spacial score (nSPS) is 10.7. The molecule has 4 nitrogen and oxygen atoms in total. The van der Waals surface area contributed by atoms with Gasteiger partial charge in [0.1, 0.15) is 5.69 Å². The van der Waals surface area contributed by atoms with Crippen LogP contribution in [0.4, 0.5) is 0 Å². The van der Waals surface area contributed by atoms with Crippen LogP contribution in [0, 0.1) is 6.92 Å². The molecule has 2 aromatic heterocycles. The lowest BCUT2D eigenvalue weighted by Gasteiger charge is -1.98. The Balaban J connectivity index is 2.32. The highest BCUT2D eigenvalue weighted by Crippen LogP contribution is 2.24. The highest BCUT2D eigenvalue weighted by Gasteiger charge is 2.14. The van der Waals surface area contributed by atoms with E-state index in [-0.39, 0.29) is 0 Å². The predicted octanol–water partition coefficient (Wildman–Crippen LogP) is 2.52. The van der Waals surface area contributed by atoms with Crippen LogP contribution in [0.2, 0.25) is 0 Å². The summed E-state index contributed by atoms with van der Waals surface area (Å²) in [6.45, 7) is 2.01. The minimum Gasteiger partial charge on any atom is -0.298 e. The third-order valence-corrected chi connectivity index (χ3v) is 2.84. The number of benzene rings is 1. The highest BCUT2D eigenvalue weighted by atomic mass is 16.1. The molecule has 0 atom stereocenters. The van der Waals surface area contributed by atoms with Crippen LogP contribution in [-0.2, 0) is 0 Å². The van der Waals surface area contributed by atoms with Crippen molar-refractivity contribution in [2.24, 2.45) is 0 Å². The van der Waals surface area contributed by atoms with Crippen LogP contribution in [0.15, 0.2) is 42.7 Å². The number of aryl methyl sites for hydroxylation is 1. The number of hydrogen-bond acceptors (Lipinski definition) is 3. The maximum atomic E-state index is 11.3. The minimum absolute atomic E-state index is 0.529. The highest BCUT2D eigenvalue weighted by molar-refractivity contribution is 5.93. The van der Waals surface area contributed by atoms with E-state index in [0.717, 1.165) is 17.4 Å². The number of aromatic nitrogens is 3. The number of hydrogen-bond donors (Lipinski definition) is 0. The van der Waals surface area contributed by atoms with Crippen molar-refractivity contribution in [2.45, 2.75) is 6.92 Å². The van der Waals surface area contributed by atoms with Crippen LogP contribution in [0.3, 0.4) is 0 Å². The molecular weight excluding hydrogens is 226 g/mol. The van der Waals surface area contributed by atoms with E-state index >= 15 is 0 Å². The summed E-state index contributed by atoms with van der Waals surface area (Å²) >= 11 is 0. The van der Waals surface area contributed by atoms with E-state index in [1.165, 1.54) is 0 Å². The SMILES string of the molecule is Cc1cccc(-c2nn3cccnc3c2C=O)c1. The van der Waals surface area contributed by atoms with Gasteiger partial charge in [-0.15, -0.1) is 0 Å². The van der Waals surface area contributed by atoms with Crippen molar-refractivity contribution in [3.05, 3.63) is 53.9 Å². The summed E-state index contributed by atoms with van der Waals surface area (Å²) in [6, 6.07) is 9.71. The van der Waals surface area contributed by atoms with Gasteiger partial charge in [0.05, 0.1) is 5.56 Å². The van der Waals surface area contributed by atoms with Crippen LogP contribution in [0.1, 0.15) is 15.9 Å². The summed E-state index contributed by atoms with van der Waals surface area (Å²) in [5.74, 6) is 0. The molecule has 3 rings (SSSR count). The first-order valence-electron chi connectivity index (χ1n) is 5.65. The molecule has 0 aliphatic carbocycles. The maximum absolute atomic E-state index is 11.3. The smallest absolute Gasteiger partial charge is 0.166 e. The number of aldehydes is 1. The Hall–Kier alpha value is -2.49. The van der Waals surface area contributed by atoms with Crippen molar-refractivity contribution in [2.75, 3.05) is 0 Å². The molecule has 0 amide bonds. The molecular formula is C14H11N3O. The molecule has 0 bridgehead atoms. The first kappa shape index (κ1) is 10.7. The second-order valence-corrected chi connectivity index (χ2v) is 4.14. The number of carbonyl (C=O) groups is 1. The van der Waals surface area contributed by atoms with Crippen molar-refractivity contribution >= 4 is 11.9 Å². The monoisotopic (exact) mass is 237 g/mol. The molecule has 4 heteroatoms. The van der Waals surface area contributed by atoms with Crippen LogP contribution < -0.4 is 0 Å². The number of carbonyl (C=O) groups excluding carboxylic acids is 1. The quantitative estimate of drug-likeness (QED) is 0.643. The maximum Gasteiger partial charge on any atom is 0.166 e. The van der Waals surface area contributed by atoms with E-state index in [0.29, 0.717) is 16.9 Å². The van der Waals surface area contributed by atoms with Gasteiger partial charge in [0, 0.05) is 18.0 Å². The Kier molecular flexibility index (Phi) is 2.41. The Morgan fingerprint density at radius 3 is 2.94 bits per heavy atom. The van der Waals surface area contributed by atoms with Crippen LogP contribution in [-0.4, -0.2) is 20.9 Å². The first-order valence-corrected chi connectivity index (χ1v) is 5.65. The topological polar surface area (TPSA) is 47.3 Å². The van der Waals surface area contributed by atoms with Crippen molar-refractivity contribution in [1.29, 1.82) is 0 Å². The lowest BCUT2D eigenvalue weighted by atomic mass is 10.1. The van der Waals surface area contributed by atoms with Gasteiger partial charge < -0.3 is 0 Å². The molecule has 0 spiro atoms. The van der Waals surface area contributed by atoms with E-state index in [9.17, 15) is 4.79 Å². The fourth-order valence-corrected chi connectivity index (χ4v) is 2.02. The van der Waals surface area contributed by atoms with Gasteiger partial charge >= 0.3 is 0 Å². The van der Waals surface area contributed by atoms with E-state index in [1.807, 2.05) is 31.2 Å². The molecule has 1 aromatic carbocycles. The van der Waals surface area contributed by atoms with Crippen LogP contribution in [0.5, 0.6) is 0 Å². The lowest BCUT2D eigenvalue weighted by Crippen LogP contribution is -1.88. The molecule has 0 unspecified atom stereocenters. The summed E-state index contributed by atoms with van der Waals surface area (Å²) in [4.78, 5) is 15.5. The van der Waals surface area contributed by atoms with Gasteiger partial charge in [-0.1, -0.05) is 23.8 Å². The van der Waals surface area contributed by atoms with Crippen LogP contribution >= 0.6 is 0 Å². The molecule has 0 saturated carbocycles. The number of nitrogens with zero attached hydrogens (tertiary/aromatic N) is 3. The Morgan fingerprint density at radius 1 is 1.28 bits per heavy atom. The van der Waals surface area contributed by atoms with Crippen molar-refractivity contribution in [3.8, 4) is 11.3 Å². The molecule has 0 aliphatic rings. The van der Waals surface area contributed by atoms with Gasteiger partial charge in [-0.2, -0.15) is 5.10 Å². The largest absolute Gasteiger partial charge is 0.298 e. The summed E-state index contributed by atoms with van der Waals surface area (Å²) < 4.78 is 1.63. The summed E-state index contributed by atoms with van der Waals surface area (Å²) in [5, 5.41) is 4.42. The van der Waals surface area contributed by atoms with Gasteiger partial charge in [0.2, 0.25) is 0 Å². The van der Waals surface area contributed by atoms with E-state index in [1.54, 1.807) is 23.0 Å². The molecule has 88 valence electrons. The molecule has 0 fully saturated rings. The third kappa shape index (κ3) is 1.59. The Bertz CT molecular complexity index is 731. The Labute approximate surface area is 104 Å². The van der Waals surface area contributed by atoms with Gasteiger partial charge in [0.25, 0.3) is 0 Å². The van der Waals surface area contributed by atoms with E-state index in [2.05, 4.69) is 10.1 Å². The predicted molar refractivity (Wildman–Crippen MR) is 68.5 cm³/mol. The average molecular weight is 237 g/mol. The molecule has 0 saturated heterocycles. The number of rotatable bonds is 2. The zero-order chi connectivity index (χ0) is 12.5. The van der Waals surface area contributed by atoms with Gasteiger partial charge in [-0.25, -0.2) is 9.50 Å². The molecule has 0 radical (unpaired) electrons. The van der Waals surface area contributed by atoms with Crippen LogP contribution in [0.25, 0.3) is 16.9 Å². The average Bonchev–Trinajstić information content (AvgIpc) is 2.77. The lowest BCUT2D eigenvalue weighted by molar-refractivity contribution is 0.112. The summed E-state index contributed by atoms with van der Waals surface area (Å²) in [5.41, 5.74) is 3.86. The Morgan fingerprint density at radius 2 is 2.17 bits per heavy atom. The van der Waals surface area contributed by atoms with E-state index in [4.69, 9.17) is 0 Å². The number of fused-ring (bicyclic) bond motifs is 1. The van der Waals surface area contributed by atoms with Gasteiger partial charge in [-0.3, -0.25) is 4.79 Å². The van der Waals surface area contributed by atoms with E-state index < -0.39 is 0 Å². The zero-order valence-corrected chi connectivity index (χ0v) is 9.87. The van der Waals surface area contributed by atoms with Gasteiger partial charge in [-0.05, 0) is 19.1 Å². The van der Waals surface area contributed by atoms with Crippen molar-refractivity contribution in [1.82, 2.24) is 14.6 Å². The van der Waals surface area contributed by atoms with Crippen molar-refractivity contribution in [3.63, 3.8) is 0 Å². The second kappa shape index (κ2) is 4.07. The van der Waals surface area contributed by atoms with Crippen molar-refractivity contribution < 1.29 is 4.79 Å². The molecule has 0 N–H and O–H groups in total. The molecule has 2 heterocycles.